The molecule has 2 aromatic heterocycles. The molecule has 3 heterocycles. The Bertz CT molecular complexity index is 1070. The Balaban J connectivity index is 1.45. The summed E-state index contributed by atoms with van der Waals surface area (Å²) in [7, 11) is 0. The van der Waals surface area contributed by atoms with Crippen LogP contribution in [0.4, 0.5) is 5.82 Å². The largest absolute Gasteiger partial charge is 0.354 e. The van der Waals surface area contributed by atoms with Gasteiger partial charge in [0.05, 0.1) is 11.6 Å². The highest BCUT2D eigenvalue weighted by atomic mass is 16.2. The van der Waals surface area contributed by atoms with E-state index < -0.39 is 0 Å². The highest BCUT2D eigenvalue weighted by Gasteiger charge is 2.31. The molecule has 0 radical (unpaired) electrons. The van der Waals surface area contributed by atoms with Crippen LogP contribution in [-0.4, -0.2) is 39.6 Å². The number of hydrogen-bond acceptors (Lipinski definition) is 4. The van der Waals surface area contributed by atoms with Gasteiger partial charge in [0.2, 0.25) is 5.91 Å². The lowest BCUT2D eigenvalue weighted by Crippen LogP contribution is -2.44. The standard InChI is InChI=1S/C23H27N5O/c1-15-5-8-19(16(2)12-15)20-13-21-22(24-9-11-28(21)26-20)27-10-3-4-17(14-27)23(29)25-18-6-7-18/h5,8-9,11-13,17-18H,3-4,6-7,10,14H2,1-2H3,(H,25,29)/t17-/m1/s1. The number of hydrogen-bond donors (Lipinski definition) is 1. The Kier molecular flexibility index (Phi) is 4.49. The van der Waals surface area contributed by atoms with Crippen molar-refractivity contribution in [2.45, 2.75) is 45.6 Å². The molecule has 3 aromatic rings. The number of piperidine rings is 1. The summed E-state index contributed by atoms with van der Waals surface area (Å²) in [6, 6.07) is 8.98. The fourth-order valence-electron chi connectivity index (χ4n) is 4.31. The van der Waals surface area contributed by atoms with E-state index in [1.54, 1.807) is 6.20 Å². The van der Waals surface area contributed by atoms with Gasteiger partial charge in [-0.05, 0) is 51.2 Å². The smallest absolute Gasteiger partial charge is 0.225 e. The van der Waals surface area contributed by atoms with Crippen LogP contribution in [0.1, 0.15) is 36.8 Å². The zero-order chi connectivity index (χ0) is 20.0. The second-order valence-electron chi connectivity index (χ2n) is 8.50. The molecule has 6 nitrogen and oxygen atoms in total. The summed E-state index contributed by atoms with van der Waals surface area (Å²) in [6.45, 7) is 5.87. The van der Waals surface area contributed by atoms with Crippen LogP contribution in [0.5, 0.6) is 0 Å². The molecule has 29 heavy (non-hydrogen) atoms. The summed E-state index contributed by atoms with van der Waals surface area (Å²) in [6.07, 6.45) is 7.90. The maximum atomic E-state index is 12.6. The highest BCUT2D eigenvalue weighted by Crippen LogP contribution is 2.30. The van der Waals surface area contributed by atoms with Gasteiger partial charge in [-0.2, -0.15) is 5.10 Å². The Morgan fingerprint density at radius 1 is 1.17 bits per heavy atom. The molecule has 1 atom stereocenters. The number of fused-ring (bicyclic) bond motifs is 1. The molecule has 1 aromatic carbocycles. The van der Waals surface area contributed by atoms with Gasteiger partial charge in [0.15, 0.2) is 5.82 Å². The van der Waals surface area contributed by atoms with Crippen molar-refractivity contribution in [1.29, 1.82) is 0 Å². The number of aromatic nitrogens is 3. The minimum absolute atomic E-state index is 0.0353. The second kappa shape index (κ2) is 7.17. The molecule has 1 aliphatic carbocycles. The Morgan fingerprint density at radius 3 is 2.83 bits per heavy atom. The predicted molar refractivity (Wildman–Crippen MR) is 114 cm³/mol. The van der Waals surface area contributed by atoms with Crippen molar-refractivity contribution in [2.75, 3.05) is 18.0 Å². The van der Waals surface area contributed by atoms with Crippen LogP contribution in [0.15, 0.2) is 36.7 Å². The van der Waals surface area contributed by atoms with Gasteiger partial charge >= 0.3 is 0 Å². The van der Waals surface area contributed by atoms with Crippen molar-refractivity contribution >= 4 is 17.2 Å². The molecule has 0 spiro atoms. The van der Waals surface area contributed by atoms with Crippen LogP contribution >= 0.6 is 0 Å². The summed E-state index contributed by atoms with van der Waals surface area (Å²) < 4.78 is 1.91. The molecule has 0 unspecified atom stereocenters. The maximum absolute atomic E-state index is 12.6. The van der Waals surface area contributed by atoms with Crippen molar-refractivity contribution in [3.05, 3.63) is 47.8 Å². The molecule has 5 rings (SSSR count). The molecule has 1 saturated heterocycles. The van der Waals surface area contributed by atoms with Crippen LogP contribution in [0.25, 0.3) is 16.8 Å². The highest BCUT2D eigenvalue weighted by molar-refractivity contribution is 5.81. The maximum Gasteiger partial charge on any atom is 0.225 e. The minimum Gasteiger partial charge on any atom is -0.354 e. The van der Waals surface area contributed by atoms with Crippen LogP contribution in [0.2, 0.25) is 0 Å². The van der Waals surface area contributed by atoms with Crippen molar-refractivity contribution in [1.82, 2.24) is 19.9 Å². The summed E-state index contributed by atoms with van der Waals surface area (Å²) in [4.78, 5) is 19.5. The van der Waals surface area contributed by atoms with Gasteiger partial charge in [-0.3, -0.25) is 4.79 Å². The number of amides is 1. The van der Waals surface area contributed by atoms with E-state index in [2.05, 4.69) is 53.3 Å². The first-order chi connectivity index (χ1) is 14.1. The van der Waals surface area contributed by atoms with E-state index in [9.17, 15) is 4.79 Å². The topological polar surface area (TPSA) is 62.5 Å². The number of nitrogens with zero attached hydrogens (tertiary/aromatic N) is 4. The van der Waals surface area contributed by atoms with E-state index in [1.165, 1.54) is 11.1 Å². The third-order valence-corrected chi connectivity index (χ3v) is 6.04. The zero-order valence-electron chi connectivity index (χ0n) is 17.1. The first-order valence-corrected chi connectivity index (χ1v) is 10.6. The molecule has 2 aliphatic rings. The Morgan fingerprint density at radius 2 is 2.03 bits per heavy atom. The molecular formula is C23H27N5O. The molecule has 0 bridgehead atoms. The van der Waals surface area contributed by atoms with Gasteiger partial charge in [-0.25, -0.2) is 9.50 Å². The van der Waals surface area contributed by atoms with Crippen LogP contribution in [0, 0.1) is 19.8 Å². The number of carbonyl (C=O) groups is 1. The molecule has 1 amide bonds. The average Bonchev–Trinajstić information content (AvgIpc) is 3.42. The lowest BCUT2D eigenvalue weighted by atomic mass is 9.97. The summed E-state index contributed by atoms with van der Waals surface area (Å²) in [5.74, 6) is 1.15. The third kappa shape index (κ3) is 3.59. The van der Waals surface area contributed by atoms with Crippen molar-refractivity contribution in [3.63, 3.8) is 0 Å². The van der Waals surface area contributed by atoms with E-state index in [-0.39, 0.29) is 11.8 Å². The first kappa shape index (κ1) is 18.2. The molecule has 2 fully saturated rings. The fourth-order valence-corrected chi connectivity index (χ4v) is 4.31. The van der Waals surface area contributed by atoms with Crippen molar-refractivity contribution < 1.29 is 4.79 Å². The molecule has 150 valence electrons. The zero-order valence-corrected chi connectivity index (χ0v) is 17.1. The van der Waals surface area contributed by atoms with Gasteiger partial charge in [0.25, 0.3) is 0 Å². The lowest BCUT2D eigenvalue weighted by Gasteiger charge is -2.33. The average molecular weight is 390 g/mol. The lowest BCUT2D eigenvalue weighted by molar-refractivity contribution is -0.125. The number of aryl methyl sites for hydroxylation is 2. The van der Waals surface area contributed by atoms with E-state index in [4.69, 9.17) is 5.10 Å². The van der Waals surface area contributed by atoms with Crippen LogP contribution in [-0.2, 0) is 4.79 Å². The van der Waals surface area contributed by atoms with E-state index in [0.29, 0.717) is 6.04 Å². The summed E-state index contributed by atoms with van der Waals surface area (Å²) >= 11 is 0. The van der Waals surface area contributed by atoms with Crippen LogP contribution in [0.3, 0.4) is 0 Å². The molecule has 1 N–H and O–H groups in total. The molecule has 1 saturated carbocycles. The number of carbonyl (C=O) groups excluding carboxylic acids is 1. The second-order valence-corrected chi connectivity index (χ2v) is 8.50. The van der Waals surface area contributed by atoms with E-state index in [0.717, 1.165) is 61.4 Å². The fraction of sp³-hybridized carbons (Fsp3) is 0.435. The Labute approximate surface area is 170 Å². The summed E-state index contributed by atoms with van der Waals surface area (Å²) in [5, 5.41) is 7.97. The number of benzene rings is 1. The molecule has 6 heteroatoms. The number of rotatable bonds is 4. The van der Waals surface area contributed by atoms with E-state index >= 15 is 0 Å². The van der Waals surface area contributed by atoms with Gasteiger partial charge in [0, 0.05) is 37.1 Å². The minimum atomic E-state index is 0.0353. The van der Waals surface area contributed by atoms with Gasteiger partial charge in [-0.1, -0.05) is 23.8 Å². The number of nitrogens with one attached hydrogen (secondary N) is 1. The Hall–Kier alpha value is -2.89. The monoisotopic (exact) mass is 389 g/mol. The SMILES string of the molecule is Cc1ccc(-c2cc3c(N4CCC[C@@H](C(=O)NC5CC5)C4)nccn3n2)c(C)c1. The van der Waals surface area contributed by atoms with Crippen molar-refractivity contribution in [3.8, 4) is 11.3 Å². The van der Waals surface area contributed by atoms with Gasteiger partial charge < -0.3 is 10.2 Å². The summed E-state index contributed by atoms with van der Waals surface area (Å²) in [5.41, 5.74) is 5.56. The normalized spacial score (nSPS) is 19.5. The predicted octanol–water partition coefficient (Wildman–Crippen LogP) is 3.51. The molecular weight excluding hydrogens is 362 g/mol. The first-order valence-electron chi connectivity index (χ1n) is 10.6. The number of anilines is 1. The van der Waals surface area contributed by atoms with Gasteiger partial charge in [0.1, 0.15) is 5.52 Å². The molecule has 1 aliphatic heterocycles. The van der Waals surface area contributed by atoms with E-state index in [1.807, 2.05) is 10.7 Å². The van der Waals surface area contributed by atoms with Crippen LogP contribution < -0.4 is 10.2 Å². The third-order valence-electron chi connectivity index (χ3n) is 6.04. The van der Waals surface area contributed by atoms with Crippen molar-refractivity contribution in [2.24, 2.45) is 5.92 Å². The van der Waals surface area contributed by atoms with Gasteiger partial charge in [-0.15, -0.1) is 0 Å². The quantitative estimate of drug-likeness (QED) is 0.742.